The van der Waals surface area contributed by atoms with Crippen LogP contribution in [0.3, 0.4) is 0 Å². The van der Waals surface area contributed by atoms with Gasteiger partial charge in [-0.2, -0.15) is 0 Å². The van der Waals surface area contributed by atoms with Gasteiger partial charge in [-0.25, -0.2) is 12.8 Å². The molecule has 1 aromatic carbocycles. The minimum absolute atomic E-state index is 0.196. The predicted octanol–water partition coefficient (Wildman–Crippen LogP) is 1.83. The van der Waals surface area contributed by atoms with Gasteiger partial charge in [0.15, 0.2) is 15.6 Å². The first-order valence-electron chi connectivity index (χ1n) is 4.67. The number of carbonyl (C=O) groups excluding carboxylic acids is 1. The normalized spacial score (nSPS) is 12.5. The quantitative estimate of drug-likeness (QED) is 0.762. The van der Waals surface area contributed by atoms with E-state index < -0.39 is 26.2 Å². The lowest BCUT2D eigenvalue weighted by molar-refractivity contribution is 0.0950. The summed E-state index contributed by atoms with van der Waals surface area (Å²) in [4.78, 5) is 11.9. The third-order valence-electron chi connectivity index (χ3n) is 2.59. The van der Waals surface area contributed by atoms with Crippen molar-refractivity contribution < 1.29 is 17.6 Å². The number of carbonyl (C=O) groups is 1. The molecule has 0 spiro atoms. The van der Waals surface area contributed by atoms with Crippen LogP contribution < -0.4 is 0 Å². The fraction of sp³-hybridized carbons (Fsp3) is 0.364. The van der Waals surface area contributed by atoms with Gasteiger partial charge in [-0.05, 0) is 26.0 Å². The van der Waals surface area contributed by atoms with E-state index in [0.29, 0.717) is 0 Å². The van der Waals surface area contributed by atoms with Crippen molar-refractivity contribution in [2.24, 2.45) is 0 Å². The van der Waals surface area contributed by atoms with E-state index in [-0.39, 0.29) is 5.56 Å². The Bertz CT molecular complexity index is 518. The van der Waals surface area contributed by atoms with Gasteiger partial charge >= 0.3 is 0 Å². The Balaban J connectivity index is 3.29. The molecule has 0 N–H and O–H groups in total. The van der Waals surface area contributed by atoms with Crippen LogP contribution in [0.4, 0.5) is 4.39 Å². The second-order valence-corrected chi connectivity index (χ2v) is 6.66. The summed E-state index contributed by atoms with van der Waals surface area (Å²) in [5.74, 6) is -1.43. The van der Waals surface area contributed by atoms with Gasteiger partial charge in [0, 0.05) is 6.26 Å². The second-order valence-electron chi connectivity index (χ2n) is 4.09. The van der Waals surface area contributed by atoms with Crippen molar-refractivity contribution in [1.82, 2.24) is 0 Å². The Morgan fingerprint density at radius 1 is 1.25 bits per heavy atom. The number of benzene rings is 1. The molecule has 0 radical (unpaired) electrons. The van der Waals surface area contributed by atoms with E-state index in [2.05, 4.69) is 0 Å². The van der Waals surface area contributed by atoms with Crippen LogP contribution in [0.25, 0.3) is 0 Å². The summed E-state index contributed by atoms with van der Waals surface area (Å²) < 4.78 is 34.6. The lowest BCUT2D eigenvalue weighted by atomic mass is 10.00. The van der Waals surface area contributed by atoms with Crippen molar-refractivity contribution in [2.75, 3.05) is 6.26 Å². The Morgan fingerprint density at radius 2 is 1.75 bits per heavy atom. The highest BCUT2D eigenvalue weighted by atomic mass is 32.2. The maximum absolute atomic E-state index is 13.3. The predicted molar refractivity (Wildman–Crippen MR) is 59.7 cm³/mol. The number of hydrogen-bond donors (Lipinski definition) is 0. The number of ketones is 1. The first kappa shape index (κ1) is 12.8. The highest BCUT2D eigenvalue weighted by Crippen LogP contribution is 2.22. The first-order chi connectivity index (χ1) is 7.18. The van der Waals surface area contributed by atoms with Crippen molar-refractivity contribution in [3.8, 4) is 0 Å². The molecule has 0 aliphatic heterocycles. The molecule has 0 aromatic heterocycles. The number of rotatable bonds is 3. The summed E-state index contributed by atoms with van der Waals surface area (Å²) in [5.41, 5.74) is -0.196. The van der Waals surface area contributed by atoms with Crippen molar-refractivity contribution >= 4 is 15.6 Å². The van der Waals surface area contributed by atoms with Crippen molar-refractivity contribution in [3.05, 3.63) is 35.6 Å². The maximum Gasteiger partial charge on any atom is 0.186 e. The van der Waals surface area contributed by atoms with E-state index in [4.69, 9.17) is 0 Å². The highest BCUT2D eigenvalue weighted by Gasteiger charge is 2.39. The van der Waals surface area contributed by atoms with Crippen LogP contribution in [0.1, 0.15) is 24.2 Å². The molecule has 1 rings (SSSR count). The Labute approximate surface area is 94.2 Å². The molecular weight excluding hydrogens is 231 g/mol. The Kier molecular flexibility index (Phi) is 3.19. The van der Waals surface area contributed by atoms with Crippen LogP contribution in [0.2, 0.25) is 0 Å². The number of hydrogen-bond acceptors (Lipinski definition) is 3. The number of sulfone groups is 1. The van der Waals surface area contributed by atoms with Crippen LogP contribution >= 0.6 is 0 Å². The second kappa shape index (κ2) is 3.97. The third kappa shape index (κ3) is 2.14. The van der Waals surface area contributed by atoms with E-state index in [9.17, 15) is 17.6 Å². The van der Waals surface area contributed by atoms with Gasteiger partial charge < -0.3 is 0 Å². The molecule has 0 fully saturated rings. The van der Waals surface area contributed by atoms with Gasteiger partial charge in [-0.1, -0.05) is 12.1 Å². The minimum atomic E-state index is -3.58. The molecule has 0 saturated carbocycles. The minimum Gasteiger partial charge on any atom is -0.292 e. The number of Topliss-reactive ketones (excluding diaryl/α,β-unsaturated/α-hetero) is 1. The molecule has 0 atom stereocenters. The van der Waals surface area contributed by atoms with Gasteiger partial charge in [0.05, 0.1) is 5.56 Å². The molecule has 0 aliphatic rings. The largest absolute Gasteiger partial charge is 0.292 e. The molecule has 0 aliphatic carbocycles. The molecule has 0 bridgehead atoms. The van der Waals surface area contributed by atoms with Gasteiger partial charge in [-0.15, -0.1) is 0 Å². The molecule has 1 aromatic rings. The van der Waals surface area contributed by atoms with Gasteiger partial charge in [0.25, 0.3) is 0 Å². The summed E-state index contributed by atoms with van der Waals surface area (Å²) >= 11 is 0. The lowest BCUT2D eigenvalue weighted by Gasteiger charge is -2.20. The molecule has 0 amide bonds. The molecule has 16 heavy (non-hydrogen) atoms. The van der Waals surface area contributed by atoms with Crippen molar-refractivity contribution in [3.63, 3.8) is 0 Å². The van der Waals surface area contributed by atoms with Crippen LogP contribution in [0, 0.1) is 5.82 Å². The summed E-state index contributed by atoms with van der Waals surface area (Å²) in [6, 6.07) is 5.35. The SMILES string of the molecule is CC(C)(C(=O)c1ccccc1F)S(C)(=O)=O. The van der Waals surface area contributed by atoms with Crippen molar-refractivity contribution in [2.45, 2.75) is 18.6 Å². The monoisotopic (exact) mass is 244 g/mol. The summed E-state index contributed by atoms with van der Waals surface area (Å²) in [6.07, 6.45) is 0.964. The van der Waals surface area contributed by atoms with Crippen LogP contribution in [-0.2, 0) is 9.84 Å². The summed E-state index contributed by atoms with van der Waals surface area (Å²) in [5, 5.41) is 0. The molecule has 3 nitrogen and oxygen atoms in total. The van der Waals surface area contributed by atoms with Crippen LogP contribution in [0.15, 0.2) is 24.3 Å². The zero-order valence-electron chi connectivity index (χ0n) is 9.32. The zero-order valence-corrected chi connectivity index (χ0v) is 10.1. The third-order valence-corrected chi connectivity index (χ3v) is 4.63. The molecule has 0 heterocycles. The average Bonchev–Trinajstić information content (AvgIpc) is 2.15. The molecule has 88 valence electrons. The zero-order chi connectivity index (χ0) is 12.6. The van der Waals surface area contributed by atoms with Crippen LogP contribution in [-0.4, -0.2) is 25.2 Å². The standard InChI is InChI=1S/C11H13FO3S/c1-11(2,16(3,14)15)10(13)8-6-4-5-7-9(8)12/h4-7H,1-3H3. The highest BCUT2D eigenvalue weighted by molar-refractivity contribution is 7.92. The van der Waals surface area contributed by atoms with E-state index in [1.165, 1.54) is 32.0 Å². The number of halogens is 1. The van der Waals surface area contributed by atoms with Gasteiger partial charge in [0.2, 0.25) is 0 Å². The molecular formula is C11H13FO3S. The summed E-state index contributed by atoms with van der Waals surface area (Å²) in [7, 11) is -3.58. The smallest absolute Gasteiger partial charge is 0.186 e. The van der Waals surface area contributed by atoms with E-state index in [1.807, 2.05) is 0 Å². The van der Waals surface area contributed by atoms with E-state index >= 15 is 0 Å². The fourth-order valence-electron chi connectivity index (χ4n) is 1.14. The van der Waals surface area contributed by atoms with E-state index in [0.717, 1.165) is 12.3 Å². The summed E-state index contributed by atoms with van der Waals surface area (Å²) in [6.45, 7) is 2.55. The molecule has 5 heteroatoms. The topological polar surface area (TPSA) is 51.2 Å². The van der Waals surface area contributed by atoms with Gasteiger partial charge in [0.1, 0.15) is 10.6 Å². The van der Waals surface area contributed by atoms with E-state index in [1.54, 1.807) is 0 Å². The maximum atomic E-state index is 13.3. The fourth-order valence-corrected chi connectivity index (χ4v) is 1.58. The van der Waals surface area contributed by atoms with Crippen LogP contribution in [0.5, 0.6) is 0 Å². The Morgan fingerprint density at radius 3 is 2.19 bits per heavy atom. The van der Waals surface area contributed by atoms with Crippen molar-refractivity contribution in [1.29, 1.82) is 0 Å². The average molecular weight is 244 g/mol. The Hall–Kier alpha value is -1.23. The molecule has 0 saturated heterocycles. The van der Waals surface area contributed by atoms with Gasteiger partial charge in [-0.3, -0.25) is 4.79 Å². The lowest BCUT2D eigenvalue weighted by Crippen LogP contribution is -2.40. The first-order valence-corrected chi connectivity index (χ1v) is 6.56. The molecule has 0 unspecified atom stereocenters.